The van der Waals surface area contributed by atoms with Crippen molar-refractivity contribution in [2.45, 2.75) is 19.3 Å². The molecule has 0 atom stereocenters. The standard InChI is InChI=1S/C16H15F4N/c1-21(11-13-6-2-3-8-15(13)17)10-12-5-4-7-14(9-12)16(18,19)20/h2-9H,10-11H2,1H3. The van der Waals surface area contributed by atoms with E-state index in [1.54, 1.807) is 36.2 Å². The Morgan fingerprint density at radius 3 is 2.33 bits per heavy atom. The van der Waals surface area contributed by atoms with E-state index in [1.807, 2.05) is 0 Å². The van der Waals surface area contributed by atoms with Crippen LogP contribution in [0.3, 0.4) is 0 Å². The minimum Gasteiger partial charge on any atom is -0.298 e. The van der Waals surface area contributed by atoms with Crippen molar-refractivity contribution in [3.05, 3.63) is 71.0 Å². The maximum atomic E-state index is 13.5. The Morgan fingerprint density at radius 1 is 0.952 bits per heavy atom. The van der Waals surface area contributed by atoms with Gasteiger partial charge in [0.1, 0.15) is 5.82 Å². The Bertz CT molecular complexity index is 607. The van der Waals surface area contributed by atoms with Crippen molar-refractivity contribution < 1.29 is 17.6 Å². The number of halogens is 4. The van der Waals surface area contributed by atoms with Gasteiger partial charge < -0.3 is 0 Å². The zero-order valence-corrected chi connectivity index (χ0v) is 11.5. The van der Waals surface area contributed by atoms with Crippen molar-refractivity contribution in [3.63, 3.8) is 0 Å². The van der Waals surface area contributed by atoms with E-state index in [9.17, 15) is 17.6 Å². The summed E-state index contributed by atoms with van der Waals surface area (Å²) < 4.78 is 51.5. The number of hydrogen-bond acceptors (Lipinski definition) is 1. The highest BCUT2D eigenvalue weighted by atomic mass is 19.4. The van der Waals surface area contributed by atoms with Crippen LogP contribution in [0.4, 0.5) is 17.6 Å². The zero-order valence-electron chi connectivity index (χ0n) is 11.5. The number of nitrogens with zero attached hydrogens (tertiary/aromatic N) is 1. The van der Waals surface area contributed by atoms with Crippen LogP contribution in [0.25, 0.3) is 0 Å². The summed E-state index contributed by atoms with van der Waals surface area (Å²) in [6.07, 6.45) is -4.35. The number of rotatable bonds is 4. The molecule has 0 heterocycles. The molecule has 112 valence electrons. The number of alkyl halides is 3. The third kappa shape index (κ3) is 4.29. The second-order valence-corrected chi connectivity index (χ2v) is 4.96. The molecule has 0 N–H and O–H groups in total. The molecule has 0 unspecified atom stereocenters. The first-order valence-electron chi connectivity index (χ1n) is 6.44. The number of benzene rings is 2. The van der Waals surface area contributed by atoms with Crippen LogP contribution < -0.4 is 0 Å². The first-order chi connectivity index (χ1) is 9.86. The second kappa shape index (κ2) is 6.26. The lowest BCUT2D eigenvalue weighted by Crippen LogP contribution is -2.18. The summed E-state index contributed by atoms with van der Waals surface area (Å²) in [6.45, 7) is 0.654. The lowest BCUT2D eigenvalue weighted by atomic mass is 10.1. The van der Waals surface area contributed by atoms with Gasteiger partial charge in [-0.1, -0.05) is 36.4 Å². The molecular weight excluding hydrogens is 282 g/mol. The molecule has 5 heteroatoms. The average molecular weight is 297 g/mol. The van der Waals surface area contributed by atoms with Crippen LogP contribution in [0.2, 0.25) is 0 Å². The van der Waals surface area contributed by atoms with Gasteiger partial charge in [-0.15, -0.1) is 0 Å². The topological polar surface area (TPSA) is 3.24 Å². The first kappa shape index (κ1) is 15.5. The summed E-state index contributed by atoms with van der Waals surface area (Å²) in [5.41, 5.74) is 0.398. The molecule has 0 bridgehead atoms. The van der Waals surface area contributed by atoms with Crippen molar-refractivity contribution in [3.8, 4) is 0 Å². The molecule has 0 aromatic heterocycles. The largest absolute Gasteiger partial charge is 0.416 e. The Hall–Kier alpha value is -1.88. The fourth-order valence-corrected chi connectivity index (χ4v) is 2.13. The van der Waals surface area contributed by atoms with Gasteiger partial charge in [0.15, 0.2) is 0 Å². The normalized spacial score (nSPS) is 11.9. The summed E-state index contributed by atoms with van der Waals surface area (Å²) in [4.78, 5) is 1.77. The monoisotopic (exact) mass is 297 g/mol. The fraction of sp³-hybridized carbons (Fsp3) is 0.250. The Kier molecular flexibility index (Phi) is 4.63. The van der Waals surface area contributed by atoms with E-state index >= 15 is 0 Å². The van der Waals surface area contributed by atoms with Gasteiger partial charge in [-0.2, -0.15) is 13.2 Å². The van der Waals surface area contributed by atoms with Gasteiger partial charge in [0.05, 0.1) is 5.56 Å². The molecule has 0 aliphatic rings. The van der Waals surface area contributed by atoms with Gasteiger partial charge >= 0.3 is 6.18 Å². The van der Waals surface area contributed by atoms with Crippen LogP contribution in [0.1, 0.15) is 16.7 Å². The van der Waals surface area contributed by atoms with Crippen molar-refractivity contribution in [2.75, 3.05) is 7.05 Å². The summed E-state index contributed by atoms with van der Waals surface area (Å²) in [7, 11) is 1.74. The highest BCUT2D eigenvalue weighted by Crippen LogP contribution is 2.29. The van der Waals surface area contributed by atoms with E-state index in [-0.39, 0.29) is 5.82 Å². The van der Waals surface area contributed by atoms with Crippen molar-refractivity contribution >= 4 is 0 Å². The van der Waals surface area contributed by atoms with E-state index in [4.69, 9.17) is 0 Å². The third-order valence-corrected chi connectivity index (χ3v) is 3.10. The van der Waals surface area contributed by atoms with E-state index in [2.05, 4.69) is 0 Å². The van der Waals surface area contributed by atoms with E-state index in [0.29, 0.717) is 24.2 Å². The summed E-state index contributed by atoms with van der Waals surface area (Å²) in [5, 5.41) is 0. The Labute approximate surface area is 120 Å². The Balaban J connectivity index is 2.06. The molecule has 0 saturated carbocycles. The molecule has 2 aromatic rings. The lowest BCUT2D eigenvalue weighted by molar-refractivity contribution is -0.137. The maximum absolute atomic E-state index is 13.5. The van der Waals surface area contributed by atoms with Gasteiger partial charge in [0, 0.05) is 18.7 Å². The third-order valence-electron chi connectivity index (χ3n) is 3.10. The van der Waals surface area contributed by atoms with Gasteiger partial charge in [-0.25, -0.2) is 4.39 Å². The zero-order chi connectivity index (χ0) is 15.5. The quantitative estimate of drug-likeness (QED) is 0.752. The minimum atomic E-state index is -4.35. The SMILES string of the molecule is CN(Cc1cccc(C(F)(F)F)c1)Cc1ccccc1F. The van der Waals surface area contributed by atoms with Crippen LogP contribution in [-0.4, -0.2) is 11.9 Å². The predicted octanol–water partition coefficient (Wildman–Crippen LogP) is 4.48. The van der Waals surface area contributed by atoms with Crippen molar-refractivity contribution in [1.82, 2.24) is 4.90 Å². The molecule has 2 rings (SSSR count). The minimum absolute atomic E-state index is 0.312. The average Bonchev–Trinajstić information content (AvgIpc) is 2.41. The molecule has 0 radical (unpaired) electrons. The molecular formula is C16H15F4N. The van der Waals surface area contributed by atoms with Crippen LogP contribution in [0.5, 0.6) is 0 Å². The smallest absolute Gasteiger partial charge is 0.298 e. The van der Waals surface area contributed by atoms with Gasteiger partial charge in [-0.3, -0.25) is 4.90 Å². The molecule has 2 aromatic carbocycles. The molecule has 0 saturated heterocycles. The Morgan fingerprint density at radius 2 is 1.67 bits per heavy atom. The highest BCUT2D eigenvalue weighted by Gasteiger charge is 2.30. The van der Waals surface area contributed by atoms with Gasteiger partial charge in [0.2, 0.25) is 0 Å². The van der Waals surface area contributed by atoms with Crippen LogP contribution in [0, 0.1) is 5.82 Å². The van der Waals surface area contributed by atoms with Crippen LogP contribution >= 0.6 is 0 Å². The second-order valence-electron chi connectivity index (χ2n) is 4.96. The summed E-state index contributed by atoms with van der Waals surface area (Å²) >= 11 is 0. The first-order valence-corrected chi connectivity index (χ1v) is 6.44. The lowest BCUT2D eigenvalue weighted by Gasteiger charge is -2.18. The van der Waals surface area contributed by atoms with Crippen molar-refractivity contribution in [1.29, 1.82) is 0 Å². The molecule has 0 amide bonds. The van der Waals surface area contributed by atoms with E-state index in [1.165, 1.54) is 12.1 Å². The predicted molar refractivity (Wildman–Crippen MR) is 73.0 cm³/mol. The fourth-order valence-electron chi connectivity index (χ4n) is 2.13. The van der Waals surface area contributed by atoms with E-state index < -0.39 is 11.7 Å². The molecule has 0 fully saturated rings. The van der Waals surface area contributed by atoms with E-state index in [0.717, 1.165) is 12.1 Å². The molecule has 21 heavy (non-hydrogen) atoms. The van der Waals surface area contributed by atoms with Crippen LogP contribution in [-0.2, 0) is 19.3 Å². The summed E-state index contributed by atoms with van der Waals surface area (Å²) in [5.74, 6) is -0.312. The van der Waals surface area contributed by atoms with Crippen molar-refractivity contribution in [2.24, 2.45) is 0 Å². The number of hydrogen-bond donors (Lipinski definition) is 0. The molecule has 0 aliphatic carbocycles. The van der Waals surface area contributed by atoms with Crippen LogP contribution in [0.15, 0.2) is 48.5 Å². The molecule has 0 spiro atoms. The molecule has 1 nitrogen and oxygen atoms in total. The van der Waals surface area contributed by atoms with Gasteiger partial charge in [-0.05, 0) is 24.7 Å². The summed E-state index contributed by atoms with van der Waals surface area (Å²) in [6, 6.07) is 11.5. The highest BCUT2D eigenvalue weighted by molar-refractivity contribution is 5.26. The molecule has 0 aliphatic heterocycles. The maximum Gasteiger partial charge on any atom is 0.416 e. The van der Waals surface area contributed by atoms with Gasteiger partial charge in [0.25, 0.3) is 0 Å².